The normalized spacial score (nSPS) is 25.1. The van der Waals surface area contributed by atoms with Gasteiger partial charge in [-0.1, -0.05) is 6.07 Å². The van der Waals surface area contributed by atoms with E-state index in [4.69, 9.17) is 0 Å². The lowest BCUT2D eigenvalue weighted by Crippen LogP contribution is -2.64. The fraction of sp³-hybridized carbons (Fsp3) is 0.619. The Bertz CT molecular complexity index is 824. The zero-order valence-corrected chi connectivity index (χ0v) is 18.3. The Balaban J connectivity index is 1.50. The van der Waals surface area contributed by atoms with E-state index in [2.05, 4.69) is 16.0 Å². The lowest BCUT2D eigenvalue weighted by atomic mass is 9.95. The van der Waals surface area contributed by atoms with Crippen LogP contribution in [0.2, 0.25) is 0 Å². The van der Waals surface area contributed by atoms with Crippen molar-refractivity contribution in [1.29, 1.82) is 0 Å². The van der Waals surface area contributed by atoms with Crippen LogP contribution in [0.1, 0.15) is 35.4 Å². The molecule has 10 heteroatoms. The predicted molar refractivity (Wildman–Crippen MR) is 115 cm³/mol. The summed E-state index contributed by atoms with van der Waals surface area (Å²) in [5, 5.41) is 10.7. The van der Waals surface area contributed by atoms with Gasteiger partial charge < -0.3 is 25.8 Å². The van der Waals surface area contributed by atoms with Crippen LogP contribution in [0, 0.1) is 5.92 Å². The monoisotopic (exact) mass is 447 g/mol. The topological polar surface area (TPSA) is 111 Å². The van der Waals surface area contributed by atoms with E-state index in [1.165, 1.54) is 11.3 Å². The van der Waals surface area contributed by atoms with E-state index in [0.29, 0.717) is 30.9 Å². The van der Waals surface area contributed by atoms with Gasteiger partial charge >= 0.3 is 0 Å². The minimum absolute atomic E-state index is 0.0476. The van der Waals surface area contributed by atoms with Crippen LogP contribution in [-0.4, -0.2) is 84.8 Å². The van der Waals surface area contributed by atoms with Crippen molar-refractivity contribution in [1.82, 2.24) is 25.8 Å². The van der Waals surface area contributed by atoms with Crippen molar-refractivity contribution in [2.75, 3.05) is 39.3 Å². The SMILES string of the molecule is O=C1NCCC[C@@H]1NC(=O)[C@H]1CN(C(=O)C2CCNCC2)CCN1C(=O)c1cccs1. The number of nitrogens with zero attached hydrogens (tertiary/aromatic N) is 2. The first-order chi connectivity index (χ1) is 15.0. The Kier molecular flexibility index (Phi) is 6.86. The summed E-state index contributed by atoms with van der Waals surface area (Å²) in [6.45, 7) is 3.09. The fourth-order valence-electron chi connectivity index (χ4n) is 4.50. The molecule has 4 heterocycles. The number of hydrogen-bond donors (Lipinski definition) is 3. The number of amides is 4. The summed E-state index contributed by atoms with van der Waals surface area (Å²) in [6, 6.07) is 2.12. The van der Waals surface area contributed by atoms with Crippen LogP contribution in [0.25, 0.3) is 0 Å². The highest BCUT2D eigenvalue weighted by Crippen LogP contribution is 2.22. The molecule has 0 saturated carbocycles. The van der Waals surface area contributed by atoms with Crippen molar-refractivity contribution in [2.45, 2.75) is 37.8 Å². The Labute approximate surface area is 185 Å². The van der Waals surface area contributed by atoms with E-state index >= 15 is 0 Å². The first-order valence-electron chi connectivity index (χ1n) is 11.0. The first-order valence-corrected chi connectivity index (χ1v) is 11.8. The average Bonchev–Trinajstić information content (AvgIpc) is 3.35. The Morgan fingerprint density at radius 1 is 1.10 bits per heavy atom. The van der Waals surface area contributed by atoms with Crippen LogP contribution in [0.3, 0.4) is 0 Å². The Morgan fingerprint density at radius 3 is 2.61 bits per heavy atom. The molecule has 0 aromatic carbocycles. The summed E-state index contributed by atoms with van der Waals surface area (Å²) in [5.41, 5.74) is 0. The number of nitrogens with one attached hydrogen (secondary N) is 3. The van der Waals surface area contributed by atoms with Crippen LogP contribution in [0.4, 0.5) is 0 Å². The molecule has 4 amide bonds. The zero-order chi connectivity index (χ0) is 21.8. The molecule has 3 aliphatic heterocycles. The van der Waals surface area contributed by atoms with Gasteiger partial charge in [0.05, 0.1) is 11.4 Å². The third kappa shape index (κ3) is 4.90. The molecule has 0 spiro atoms. The van der Waals surface area contributed by atoms with Gasteiger partial charge in [-0.2, -0.15) is 0 Å². The largest absolute Gasteiger partial charge is 0.354 e. The van der Waals surface area contributed by atoms with Crippen LogP contribution >= 0.6 is 11.3 Å². The van der Waals surface area contributed by atoms with Crippen molar-refractivity contribution >= 4 is 35.0 Å². The second-order valence-corrected chi connectivity index (χ2v) is 9.24. The van der Waals surface area contributed by atoms with Gasteiger partial charge in [0.25, 0.3) is 5.91 Å². The van der Waals surface area contributed by atoms with Crippen molar-refractivity contribution in [3.63, 3.8) is 0 Å². The number of rotatable bonds is 4. The fourth-order valence-corrected chi connectivity index (χ4v) is 5.18. The molecule has 4 rings (SSSR count). The van der Waals surface area contributed by atoms with Gasteiger partial charge in [-0.25, -0.2) is 0 Å². The van der Waals surface area contributed by atoms with Gasteiger partial charge in [-0.05, 0) is 50.2 Å². The first kappa shape index (κ1) is 21.8. The minimum atomic E-state index is -0.816. The highest BCUT2D eigenvalue weighted by atomic mass is 32.1. The second kappa shape index (κ2) is 9.78. The lowest BCUT2D eigenvalue weighted by Gasteiger charge is -2.42. The molecule has 1 aromatic rings. The maximum atomic E-state index is 13.2. The molecule has 0 bridgehead atoms. The van der Waals surface area contributed by atoms with Crippen LogP contribution in [0.15, 0.2) is 17.5 Å². The van der Waals surface area contributed by atoms with E-state index in [1.807, 2.05) is 5.38 Å². The van der Waals surface area contributed by atoms with E-state index in [9.17, 15) is 19.2 Å². The van der Waals surface area contributed by atoms with Gasteiger partial charge in [0, 0.05) is 25.6 Å². The van der Waals surface area contributed by atoms with Gasteiger partial charge in [0.1, 0.15) is 12.1 Å². The molecule has 3 N–H and O–H groups in total. The quantitative estimate of drug-likeness (QED) is 0.592. The van der Waals surface area contributed by atoms with Gasteiger partial charge in [-0.15, -0.1) is 11.3 Å². The Hall–Kier alpha value is -2.46. The summed E-state index contributed by atoms with van der Waals surface area (Å²) in [7, 11) is 0. The third-order valence-corrected chi connectivity index (χ3v) is 7.14. The van der Waals surface area contributed by atoms with E-state index in [1.54, 1.807) is 21.9 Å². The molecule has 1 aromatic heterocycles. The molecular formula is C21H29N5O4S. The highest BCUT2D eigenvalue weighted by molar-refractivity contribution is 7.12. The smallest absolute Gasteiger partial charge is 0.264 e. The second-order valence-electron chi connectivity index (χ2n) is 8.29. The van der Waals surface area contributed by atoms with Crippen LogP contribution in [-0.2, 0) is 14.4 Å². The van der Waals surface area contributed by atoms with Crippen LogP contribution in [0.5, 0.6) is 0 Å². The summed E-state index contributed by atoms with van der Waals surface area (Å²) < 4.78 is 0. The van der Waals surface area contributed by atoms with Gasteiger partial charge in [0.2, 0.25) is 17.7 Å². The summed E-state index contributed by atoms with van der Waals surface area (Å²) in [6.07, 6.45) is 2.93. The number of piperazine rings is 1. The number of carbonyl (C=O) groups is 4. The third-order valence-electron chi connectivity index (χ3n) is 6.28. The molecule has 31 heavy (non-hydrogen) atoms. The average molecular weight is 448 g/mol. The van der Waals surface area contributed by atoms with Crippen molar-refractivity contribution in [2.24, 2.45) is 5.92 Å². The zero-order valence-electron chi connectivity index (χ0n) is 17.5. The molecule has 0 unspecified atom stereocenters. The van der Waals surface area contributed by atoms with Crippen molar-refractivity contribution < 1.29 is 19.2 Å². The molecule has 0 aliphatic carbocycles. The Morgan fingerprint density at radius 2 is 1.90 bits per heavy atom. The number of carbonyl (C=O) groups excluding carboxylic acids is 4. The van der Waals surface area contributed by atoms with Crippen LogP contribution < -0.4 is 16.0 Å². The minimum Gasteiger partial charge on any atom is -0.354 e. The highest BCUT2D eigenvalue weighted by Gasteiger charge is 2.40. The molecule has 2 atom stereocenters. The molecule has 3 fully saturated rings. The van der Waals surface area contributed by atoms with E-state index < -0.39 is 12.1 Å². The van der Waals surface area contributed by atoms with Gasteiger partial charge in [0.15, 0.2) is 0 Å². The predicted octanol–water partition coefficient (Wildman–Crippen LogP) is -0.204. The van der Waals surface area contributed by atoms with Crippen molar-refractivity contribution in [3.05, 3.63) is 22.4 Å². The molecule has 168 valence electrons. The number of piperidine rings is 2. The number of hydrogen-bond acceptors (Lipinski definition) is 6. The lowest BCUT2D eigenvalue weighted by molar-refractivity contribution is -0.142. The summed E-state index contributed by atoms with van der Waals surface area (Å²) >= 11 is 1.33. The maximum Gasteiger partial charge on any atom is 0.264 e. The molecular weight excluding hydrogens is 418 g/mol. The standard InChI is InChI=1S/C21H29N5O4S/c27-18-15(3-1-7-23-18)24-19(28)16-13-25(20(29)14-5-8-22-9-6-14)10-11-26(16)21(30)17-4-2-12-31-17/h2,4,12,14-16,22H,1,3,5-11,13H2,(H,23,27)(H,24,28)/t15-,16+/m0/s1. The molecule has 3 saturated heterocycles. The molecule has 0 radical (unpaired) electrons. The summed E-state index contributed by atoms with van der Waals surface area (Å²) in [4.78, 5) is 55.3. The van der Waals surface area contributed by atoms with E-state index in [-0.39, 0.29) is 36.1 Å². The van der Waals surface area contributed by atoms with Crippen molar-refractivity contribution in [3.8, 4) is 0 Å². The van der Waals surface area contributed by atoms with Gasteiger partial charge in [-0.3, -0.25) is 19.2 Å². The number of thiophene rings is 1. The molecule has 3 aliphatic rings. The van der Waals surface area contributed by atoms with E-state index in [0.717, 1.165) is 32.4 Å². The summed E-state index contributed by atoms with van der Waals surface area (Å²) in [5.74, 6) is -0.785. The maximum absolute atomic E-state index is 13.2. The molecule has 9 nitrogen and oxygen atoms in total.